The van der Waals surface area contributed by atoms with Crippen LogP contribution in [0.3, 0.4) is 0 Å². The van der Waals surface area contributed by atoms with E-state index >= 15 is 0 Å². The zero-order valence-corrected chi connectivity index (χ0v) is 31.7. The van der Waals surface area contributed by atoms with Gasteiger partial charge in [-0.15, -0.1) is 0 Å². The summed E-state index contributed by atoms with van der Waals surface area (Å²) in [5.74, 6) is -0.0733. The summed E-state index contributed by atoms with van der Waals surface area (Å²) < 4.78 is 17.6. The normalized spacial score (nSPS) is 18.7. The molecule has 0 radical (unpaired) electrons. The van der Waals surface area contributed by atoms with Crippen molar-refractivity contribution in [3.05, 3.63) is 94.5 Å². The molecule has 2 aliphatic rings. The Balaban J connectivity index is 1.43. The number of fused-ring (bicyclic) bond motifs is 1. The average Bonchev–Trinajstić information content (AvgIpc) is 3.08. The molecular weight excluding hydrogens is 660 g/mol. The van der Waals surface area contributed by atoms with Crippen molar-refractivity contribution >= 4 is 29.7 Å². The van der Waals surface area contributed by atoms with E-state index in [-0.39, 0.29) is 49.7 Å². The maximum atomic E-state index is 14.5. The number of carbonyl (C=O) groups is 4. The number of carbonyl (C=O) groups excluding carboxylic acids is 4. The van der Waals surface area contributed by atoms with E-state index in [0.717, 1.165) is 24.0 Å². The molecule has 3 aromatic rings. The van der Waals surface area contributed by atoms with Crippen molar-refractivity contribution in [3.8, 4) is 5.75 Å². The minimum atomic E-state index is -1.36. The molecule has 278 valence electrons. The monoisotopic (exact) mass is 712 g/mol. The molecule has 52 heavy (non-hydrogen) atoms. The van der Waals surface area contributed by atoms with Gasteiger partial charge in [-0.05, 0) is 91.5 Å². The van der Waals surface area contributed by atoms with E-state index in [9.17, 15) is 19.2 Å². The van der Waals surface area contributed by atoms with Crippen LogP contribution in [0.15, 0.2) is 66.7 Å². The van der Waals surface area contributed by atoms with Crippen molar-refractivity contribution in [3.63, 3.8) is 0 Å². The molecular formula is C41H52N4O7. The molecule has 0 bridgehead atoms. The molecule has 11 nitrogen and oxygen atoms in total. The molecule has 0 aliphatic carbocycles. The summed E-state index contributed by atoms with van der Waals surface area (Å²) in [4.78, 5) is 59.7. The van der Waals surface area contributed by atoms with Crippen LogP contribution in [0.4, 0.5) is 15.3 Å². The van der Waals surface area contributed by atoms with E-state index in [2.05, 4.69) is 5.32 Å². The van der Waals surface area contributed by atoms with Gasteiger partial charge in [0.1, 0.15) is 18.0 Å². The first-order valence-electron chi connectivity index (χ1n) is 18.1. The summed E-state index contributed by atoms with van der Waals surface area (Å²) >= 11 is 0. The van der Waals surface area contributed by atoms with Crippen molar-refractivity contribution < 1.29 is 33.4 Å². The molecule has 5 rings (SSSR count). The third-order valence-electron chi connectivity index (χ3n) is 9.41. The number of piperidine rings is 1. The number of aryl methyl sites for hydroxylation is 2. The summed E-state index contributed by atoms with van der Waals surface area (Å²) in [6.07, 6.45) is 0.477. The highest BCUT2D eigenvalue weighted by molar-refractivity contribution is 6.05. The van der Waals surface area contributed by atoms with Crippen LogP contribution in [0.25, 0.3) is 0 Å². The van der Waals surface area contributed by atoms with Gasteiger partial charge in [-0.1, -0.05) is 60.2 Å². The number of benzene rings is 3. The molecule has 3 aromatic carbocycles. The van der Waals surface area contributed by atoms with Crippen LogP contribution in [0.5, 0.6) is 5.75 Å². The predicted molar refractivity (Wildman–Crippen MR) is 199 cm³/mol. The smallest absolute Gasteiger partial charge is 0.410 e. The lowest BCUT2D eigenvalue weighted by Crippen LogP contribution is -2.55. The quantitative estimate of drug-likeness (QED) is 0.251. The summed E-state index contributed by atoms with van der Waals surface area (Å²) in [5.41, 5.74) is 2.10. The van der Waals surface area contributed by atoms with Crippen LogP contribution in [0.2, 0.25) is 0 Å². The Kier molecular flexibility index (Phi) is 11.5. The first kappa shape index (κ1) is 38.2. The molecule has 1 fully saturated rings. The van der Waals surface area contributed by atoms with Crippen LogP contribution >= 0.6 is 0 Å². The Hall–Kier alpha value is -5.06. The van der Waals surface area contributed by atoms with Gasteiger partial charge in [-0.2, -0.15) is 0 Å². The number of likely N-dealkylation sites (tertiary alicyclic amines) is 1. The van der Waals surface area contributed by atoms with Crippen LogP contribution in [0.1, 0.15) is 87.0 Å². The standard InChI is InChI=1S/C41H52N4O7/c1-27(2)45(32-18-13-20-43(25-32)39(49)52-40(5,6)7)36(46)33-24-34-35(23-29(33)4)51-41(8,31-17-12-14-28(3)22-31)37(47)44(34)21-19-42-38(48)50-26-30-15-10-9-11-16-30/h9-12,14-17,22-24,27,32H,13,18-21,25-26H2,1-8H3,(H,42,48)/t32-,41?/m1/s1. The summed E-state index contributed by atoms with van der Waals surface area (Å²) in [7, 11) is 0. The largest absolute Gasteiger partial charge is 0.471 e. The lowest BCUT2D eigenvalue weighted by atomic mass is 9.90. The summed E-state index contributed by atoms with van der Waals surface area (Å²) in [6, 6.07) is 20.1. The van der Waals surface area contributed by atoms with Crippen molar-refractivity contribution in [2.24, 2.45) is 0 Å². The number of nitrogens with one attached hydrogen (secondary N) is 1. The molecule has 4 amide bonds. The number of hydrogen-bond donors (Lipinski definition) is 1. The predicted octanol–water partition coefficient (Wildman–Crippen LogP) is 7.12. The van der Waals surface area contributed by atoms with E-state index < -0.39 is 17.3 Å². The van der Waals surface area contributed by atoms with Crippen LogP contribution in [-0.4, -0.2) is 77.7 Å². The van der Waals surface area contributed by atoms with E-state index in [0.29, 0.717) is 41.2 Å². The zero-order chi connectivity index (χ0) is 37.8. The van der Waals surface area contributed by atoms with Crippen molar-refractivity contribution in [2.45, 2.75) is 98.1 Å². The highest BCUT2D eigenvalue weighted by Crippen LogP contribution is 2.44. The number of nitrogens with zero attached hydrogens (tertiary/aromatic N) is 3. The first-order valence-corrected chi connectivity index (χ1v) is 18.1. The lowest BCUT2D eigenvalue weighted by molar-refractivity contribution is -0.135. The molecule has 2 heterocycles. The summed E-state index contributed by atoms with van der Waals surface area (Å²) in [5, 5.41) is 2.77. The van der Waals surface area contributed by atoms with Gasteiger partial charge in [0.2, 0.25) is 5.60 Å². The van der Waals surface area contributed by atoms with E-state index in [4.69, 9.17) is 14.2 Å². The fourth-order valence-electron chi connectivity index (χ4n) is 6.85. The molecule has 2 aliphatic heterocycles. The van der Waals surface area contributed by atoms with Gasteiger partial charge in [-0.25, -0.2) is 9.59 Å². The van der Waals surface area contributed by atoms with Crippen molar-refractivity contribution in [1.29, 1.82) is 0 Å². The maximum absolute atomic E-state index is 14.5. The number of amides is 4. The van der Waals surface area contributed by atoms with E-state index in [1.165, 1.54) is 0 Å². The van der Waals surface area contributed by atoms with Gasteiger partial charge >= 0.3 is 12.2 Å². The van der Waals surface area contributed by atoms with Crippen molar-refractivity contribution in [1.82, 2.24) is 15.1 Å². The maximum Gasteiger partial charge on any atom is 0.410 e. The van der Waals surface area contributed by atoms with E-state index in [1.807, 2.05) is 114 Å². The Bertz CT molecular complexity index is 1790. The number of hydrogen-bond acceptors (Lipinski definition) is 7. The average molecular weight is 713 g/mol. The number of ether oxygens (including phenoxy) is 3. The molecule has 1 unspecified atom stereocenters. The second-order valence-corrected chi connectivity index (χ2v) is 15.1. The number of alkyl carbamates (subject to hydrolysis) is 1. The third-order valence-corrected chi connectivity index (χ3v) is 9.41. The Morgan fingerprint density at radius 1 is 1.04 bits per heavy atom. The highest BCUT2D eigenvalue weighted by Gasteiger charge is 2.47. The second kappa shape index (κ2) is 15.7. The minimum absolute atomic E-state index is 0.0978. The molecule has 2 atom stereocenters. The van der Waals surface area contributed by atoms with Gasteiger partial charge in [-0.3, -0.25) is 9.59 Å². The van der Waals surface area contributed by atoms with E-state index in [1.54, 1.807) is 22.8 Å². The van der Waals surface area contributed by atoms with Crippen LogP contribution in [0, 0.1) is 13.8 Å². The van der Waals surface area contributed by atoms with Crippen LogP contribution in [-0.2, 0) is 26.5 Å². The molecule has 0 saturated carbocycles. The first-order chi connectivity index (χ1) is 24.6. The molecule has 0 spiro atoms. The lowest BCUT2D eigenvalue weighted by Gasteiger charge is -2.43. The highest BCUT2D eigenvalue weighted by atomic mass is 16.6. The van der Waals surface area contributed by atoms with Gasteiger partial charge in [0, 0.05) is 43.3 Å². The van der Waals surface area contributed by atoms with Gasteiger partial charge < -0.3 is 34.2 Å². The van der Waals surface area contributed by atoms with Gasteiger partial charge in [0.15, 0.2) is 0 Å². The molecule has 1 saturated heterocycles. The fraction of sp³-hybridized carbons (Fsp3) is 0.463. The van der Waals surface area contributed by atoms with Crippen LogP contribution < -0.4 is 15.0 Å². The molecule has 11 heteroatoms. The topological polar surface area (TPSA) is 118 Å². The Morgan fingerprint density at radius 3 is 2.44 bits per heavy atom. The third kappa shape index (κ3) is 8.69. The Labute approximate surface area is 307 Å². The minimum Gasteiger partial charge on any atom is -0.471 e. The number of rotatable bonds is 9. The Morgan fingerprint density at radius 2 is 1.77 bits per heavy atom. The SMILES string of the molecule is Cc1cccc(C2(C)Oc3cc(C)c(C(=O)N(C(C)C)[C@@H]4CCCN(C(=O)OC(C)(C)C)C4)cc3N(CCNC(=O)OCc3ccccc3)C2=O)c1. The van der Waals surface area contributed by atoms with Crippen molar-refractivity contribution in [2.75, 3.05) is 31.1 Å². The van der Waals surface area contributed by atoms with Gasteiger partial charge in [0.25, 0.3) is 11.8 Å². The molecule has 0 aromatic heterocycles. The summed E-state index contributed by atoms with van der Waals surface area (Å²) in [6.45, 7) is 16.2. The number of anilines is 1. The second-order valence-electron chi connectivity index (χ2n) is 15.1. The molecule has 1 N–H and O–H groups in total. The zero-order valence-electron chi connectivity index (χ0n) is 31.7. The van der Waals surface area contributed by atoms with Gasteiger partial charge in [0.05, 0.1) is 11.7 Å². The fourth-order valence-corrected chi connectivity index (χ4v) is 6.85.